The molecule has 0 radical (unpaired) electrons. The molecule has 0 unspecified atom stereocenters. The Morgan fingerprint density at radius 3 is 2.15 bits per heavy atom. The molecule has 0 saturated carbocycles. The zero-order valence-corrected chi connectivity index (χ0v) is 21.8. The number of anilines is 1. The van der Waals surface area contributed by atoms with Crippen LogP contribution in [0.3, 0.4) is 0 Å². The van der Waals surface area contributed by atoms with Crippen LogP contribution >= 0.6 is 22.6 Å². The smallest absolute Gasteiger partial charge is 0.264 e. The van der Waals surface area contributed by atoms with E-state index in [0.29, 0.717) is 12.2 Å². The van der Waals surface area contributed by atoms with Crippen LogP contribution in [0.25, 0.3) is 0 Å². The van der Waals surface area contributed by atoms with Gasteiger partial charge in [-0.3, -0.25) is 14.0 Å². The average molecular weight is 589 g/mol. The fourth-order valence-corrected chi connectivity index (χ4v) is 5.79. The van der Waals surface area contributed by atoms with Crippen molar-refractivity contribution in [2.75, 3.05) is 23.9 Å². The van der Waals surface area contributed by atoms with E-state index in [1.165, 1.54) is 30.5 Å². The van der Waals surface area contributed by atoms with Crippen molar-refractivity contribution in [1.82, 2.24) is 10.2 Å². The van der Waals surface area contributed by atoms with Crippen molar-refractivity contribution in [3.8, 4) is 0 Å². The summed E-state index contributed by atoms with van der Waals surface area (Å²) in [6, 6.07) is 23.5. The van der Waals surface area contributed by atoms with Gasteiger partial charge < -0.3 is 5.32 Å². The standard InChI is InChI=1S/C26H28IN3O3S/c27-23-12-14-24(15-13-23)30(34(32,33)25-6-2-1-3-7-25)20-26(31)28-18-21-8-10-22(11-9-21)19-29-16-4-5-17-29/h1-3,6-15H,4-5,16-20H2,(H,28,31). The molecular formula is C26H28IN3O3S. The van der Waals surface area contributed by atoms with E-state index in [4.69, 9.17) is 0 Å². The van der Waals surface area contributed by atoms with Crippen molar-refractivity contribution in [2.24, 2.45) is 0 Å². The van der Waals surface area contributed by atoms with Gasteiger partial charge in [0, 0.05) is 16.7 Å². The van der Waals surface area contributed by atoms with Gasteiger partial charge in [0.05, 0.1) is 10.6 Å². The number of halogens is 1. The van der Waals surface area contributed by atoms with E-state index in [9.17, 15) is 13.2 Å². The number of likely N-dealkylation sites (tertiary alicyclic amines) is 1. The normalized spacial score (nSPS) is 14.1. The second kappa shape index (κ2) is 11.3. The van der Waals surface area contributed by atoms with Gasteiger partial charge in [-0.1, -0.05) is 42.5 Å². The topological polar surface area (TPSA) is 69.7 Å². The van der Waals surface area contributed by atoms with E-state index in [0.717, 1.165) is 33.1 Å². The maximum atomic E-state index is 13.3. The molecule has 1 N–H and O–H groups in total. The molecule has 0 aromatic heterocycles. The lowest BCUT2D eigenvalue weighted by Crippen LogP contribution is -2.40. The van der Waals surface area contributed by atoms with Gasteiger partial charge in [-0.05, 0) is 96.0 Å². The van der Waals surface area contributed by atoms with Crippen LogP contribution in [0.15, 0.2) is 83.8 Å². The highest BCUT2D eigenvalue weighted by atomic mass is 127. The number of nitrogens with one attached hydrogen (secondary N) is 1. The summed E-state index contributed by atoms with van der Waals surface area (Å²) in [5.74, 6) is -0.362. The predicted molar refractivity (Wildman–Crippen MR) is 143 cm³/mol. The number of nitrogens with zero attached hydrogens (tertiary/aromatic N) is 2. The first-order chi connectivity index (χ1) is 16.4. The molecule has 4 rings (SSSR count). The van der Waals surface area contributed by atoms with Crippen LogP contribution in [0.5, 0.6) is 0 Å². The third kappa shape index (κ3) is 6.37. The summed E-state index contributed by atoms with van der Waals surface area (Å²) in [6.45, 7) is 3.30. The number of hydrogen-bond acceptors (Lipinski definition) is 4. The largest absolute Gasteiger partial charge is 0.350 e. The van der Waals surface area contributed by atoms with Gasteiger partial charge in [0.25, 0.3) is 10.0 Å². The summed E-state index contributed by atoms with van der Waals surface area (Å²) < 4.78 is 28.8. The van der Waals surface area contributed by atoms with E-state index in [1.54, 1.807) is 30.3 Å². The minimum absolute atomic E-state index is 0.148. The Labute approximate surface area is 215 Å². The number of amides is 1. The first-order valence-electron chi connectivity index (χ1n) is 11.3. The number of carbonyl (C=O) groups is 1. The molecule has 0 bridgehead atoms. The molecule has 1 amide bonds. The van der Waals surface area contributed by atoms with Crippen LogP contribution in [0.2, 0.25) is 0 Å². The van der Waals surface area contributed by atoms with Crippen molar-refractivity contribution >= 4 is 44.2 Å². The van der Waals surface area contributed by atoms with E-state index in [-0.39, 0.29) is 17.3 Å². The summed E-state index contributed by atoms with van der Waals surface area (Å²) in [4.78, 5) is 15.4. The molecule has 3 aromatic rings. The zero-order chi connectivity index (χ0) is 24.0. The summed E-state index contributed by atoms with van der Waals surface area (Å²) in [5.41, 5.74) is 2.69. The van der Waals surface area contributed by atoms with Gasteiger partial charge >= 0.3 is 0 Å². The number of hydrogen-bond donors (Lipinski definition) is 1. The molecule has 1 fully saturated rings. The second-order valence-electron chi connectivity index (χ2n) is 8.38. The van der Waals surface area contributed by atoms with Crippen LogP contribution in [0.4, 0.5) is 5.69 Å². The summed E-state index contributed by atoms with van der Waals surface area (Å²) >= 11 is 2.16. The van der Waals surface area contributed by atoms with E-state index >= 15 is 0 Å². The Bertz CT molecular complexity index is 1190. The molecular weight excluding hydrogens is 561 g/mol. The van der Waals surface area contributed by atoms with Crippen LogP contribution < -0.4 is 9.62 Å². The molecule has 34 heavy (non-hydrogen) atoms. The lowest BCUT2D eigenvalue weighted by molar-refractivity contribution is -0.119. The minimum atomic E-state index is -3.90. The summed E-state index contributed by atoms with van der Waals surface area (Å²) in [5, 5.41) is 2.87. The van der Waals surface area contributed by atoms with E-state index < -0.39 is 10.0 Å². The van der Waals surface area contributed by atoms with Gasteiger partial charge in [0.15, 0.2) is 0 Å². The lowest BCUT2D eigenvalue weighted by Gasteiger charge is -2.24. The molecule has 1 saturated heterocycles. The van der Waals surface area contributed by atoms with Gasteiger partial charge in [-0.25, -0.2) is 8.42 Å². The van der Waals surface area contributed by atoms with Crippen LogP contribution in [0.1, 0.15) is 24.0 Å². The molecule has 0 spiro atoms. The molecule has 1 aliphatic rings. The maximum Gasteiger partial charge on any atom is 0.264 e. The number of carbonyl (C=O) groups excluding carboxylic acids is 1. The quantitative estimate of drug-likeness (QED) is 0.376. The first kappa shape index (κ1) is 24.7. The number of benzene rings is 3. The third-order valence-electron chi connectivity index (χ3n) is 5.85. The van der Waals surface area contributed by atoms with Gasteiger partial charge in [0.2, 0.25) is 5.91 Å². The highest BCUT2D eigenvalue weighted by Gasteiger charge is 2.27. The Hall–Kier alpha value is -2.43. The zero-order valence-electron chi connectivity index (χ0n) is 18.9. The van der Waals surface area contributed by atoms with Crippen molar-refractivity contribution in [1.29, 1.82) is 0 Å². The van der Waals surface area contributed by atoms with Gasteiger partial charge in [0.1, 0.15) is 6.54 Å². The highest BCUT2D eigenvalue weighted by Crippen LogP contribution is 2.24. The molecule has 178 valence electrons. The van der Waals surface area contributed by atoms with Crippen LogP contribution in [-0.4, -0.2) is 38.9 Å². The summed E-state index contributed by atoms with van der Waals surface area (Å²) in [6.07, 6.45) is 2.53. The molecule has 1 aliphatic heterocycles. The Balaban J connectivity index is 1.43. The number of sulfonamides is 1. The van der Waals surface area contributed by atoms with E-state index in [1.807, 2.05) is 24.3 Å². The monoisotopic (exact) mass is 589 g/mol. The molecule has 6 nitrogen and oxygen atoms in total. The van der Waals surface area contributed by atoms with Gasteiger partial charge in [-0.2, -0.15) is 0 Å². The molecule has 1 heterocycles. The fourth-order valence-electron chi connectivity index (χ4n) is 3.99. The first-order valence-corrected chi connectivity index (χ1v) is 13.8. The van der Waals surface area contributed by atoms with Crippen LogP contribution in [-0.2, 0) is 27.9 Å². The lowest BCUT2D eigenvalue weighted by atomic mass is 10.1. The highest BCUT2D eigenvalue weighted by molar-refractivity contribution is 14.1. The second-order valence-corrected chi connectivity index (χ2v) is 11.5. The minimum Gasteiger partial charge on any atom is -0.350 e. The average Bonchev–Trinajstić information content (AvgIpc) is 3.36. The SMILES string of the molecule is O=C(CN(c1ccc(I)cc1)S(=O)(=O)c1ccccc1)NCc1ccc(CN2CCCC2)cc1. The summed E-state index contributed by atoms with van der Waals surface area (Å²) in [7, 11) is -3.90. The molecule has 8 heteroatoms. The molecule has 3 aromatic carbocycles. The predicted octanol–water partition coefficient (Wildman–Crippen LogP) is 4.40. The maximum absolute atomic E-state index is 13.3. The Morgan fingerprint density at radius 1 is 0.882 bits per heavy atom. The van der Waals surface area contributed by atoms with Crippen molar-refractivity contribution in [3.63, 3.8) is 0 Å². The van der Waals surface area contributed by atoms with E-state index in [2.05, 4.69) is 44.9 Å². The van der Waals surface area contributed by atoms with Crippen molar-refractivity contribution in [3.05, 3.63) is 93.6 Å². The van der Waals surface area contributed by atoms with Crippen molar-refractivity contribution in [2.45, 2.75) is 30.8 Å². The molecule has 0 atom stereocenters. The van der Waals surface area contributed by atoms with Crippen molar-refractivity contribution < 1.29 is 13.2 Å². The third-order valence-corrected chi connectivity index (χ3v) is 8.36. The van der Waals surface area contributed by atoms with Crippen LogP contribution in [0, 0.1) is 3.57 Å². The molecule has 0 aliphatic carbocycles. The number of rotatable bonds is 9. The Morgan fingerprint density at radius 2 is 1.50 bits per heavy atom. The van der Waals surface area contributed by atoms with Gasteiger partial charge in [-0.15, -0.1) is 0 Å². The fraction of sp³-hybridized carbons (Fsp3) is 0.269. The Kier molecular flexibility index (Phi) is 8.23.